The highest BCUT2D eigenvalue weighted by molar-refractivity contribution is 9.10. The highest BCUT2D eigenvalue weighted by Crippen LogP contribution is 2.22. The summed E-state index contributed by atoms with van der Waals surface area (Å²) in [6.45, 7) is 0. The van der Waals surface area contributed by atoms with Gasteiger partial charge in [0.2, 0.25) is 0 Å². The molecule has 1 amide bonds. The Bertz CT molecular complexity index is 1380. The van der Waals surface area contributed by atoms with Crippen molar-refractivity contribution >= 4 is 56.8 Å². The Morgan fingerprint density at radius 1 is 1.03 bits per heavy atom. The summed E-state index contributed by atoms with van der Waals surface area (Å²) in [6, 6.07) is 24.3. The molecule has 33 heavy (non-hydrogen) atoms. The summed E-state index contributed by atoms with van der Waals surface area (Å²) < 4.78 is 2.43. The molecular formula is C25H19BrN4O2S. The van der Waals surface area contributed by atoms with Crippen molar-refractivity contribution in [1.29, 1.82) is 0 Å². The number of allylic oxidation sites excluding steroid dienone is 1. The number of hydrogen-bond donors (Lipinski definition) is 1. The summed E-state index contributed by atoms with van der Waals surface area (Å²) in [5, 5.41) is 4.89. The Kier molecular flexibility index (Phi) is 7.49. The normalized spacial score (nSPS) is 11.4. The van der Waals surface area contributed by atoms with Crippen molar-refractivity contribution in [2.75, 3.05) is 5.75 Å². The van der Waals surface area contributed by atoms with Gasteiger partial charge in [-0.3, -0.25) is 14.2 Å². The zero-order valence-corrected chi connectivity index (χ0v) is 19.8. The summed E-state index contributed by atoms with van der Waals surface area (Å²) in [5.41, 5.74) is 4.61. The van der Waals surface area contributed by atoms with Gasteiger partial charge in [-0.15, -0.1) is 0 Å². The van der Waals surface area contributed by atoms with Crippen molar-refractivity contribution in [3.63, 3.8) is 0 Å². The minimum atomic E-state index is -0.297. The zero-order chi connectivity index (χ0) is 23.0. The second-order valence-electron chi connectivity index (χ2n) is 6.90. The number of carbonyl (C=O) groups is 1. The Labute approximate surface area is 203 Å². The van der Waals surface area contributed by atoms with Gasteiger partial charge in [-0.05, 0) is 48.0 Å². The molecule has 0 aliphatic rings. The van der Waals surface area contributed by atoms with E-state index >= 15 is 0 Å². The fourth-order valence-corrected chi connectivity index (χ4v) is 4.13. The van der Waals surface area contributed by atoms with E-state index in [4.69, 9.17) is 0 Å². The van der Waals surface area contributed by atoms with Crippen LogP contribution in [-0.2, 0) is 4.79 Å². The van der Waals surface area contributed by atoms with Gasteiger partial charge < -0.3 is 0 Å². The Hall–Kier alpha value is -3.49. The Morgan fingerprint density at radius 2 is 1.76 bits per heavy atom. The highest BCUT2D eigenvalue weighted by Gasteiger charge is 2.14. The van der Waals surface area contributed by atoms with Gasteiger partial charge in [0.25, 0.3) is 11.5 Å². The standard InChI is InChI=1S/C25H19BrN4O2S/c26-19-12-14-20(15-13-19)30-24(32)21-10-4-5-11-22(21)28-25(30)33-17-23(31)29-27-16-6-9-18-7-2-1-3-8-18/h1-16H,17H2,(H,29,31). The van der Waals surface area contributed by atoms with Crippen LogP contribution in [0.2, 0.25) is 0 Å². The number of aromatic nitrogens is 2. The van der Waals surface area contributed by atoms with E-state index in [-0.39, 0.29) is 17.2 Å². The van der Waals surface area contributed by atoms with Gasteiger partial charge in [0.05, 0.1) is 22.3 Å². The number of hydrazone groups is 1. The number of hydrogen-bond acceptors (Lipinski definition) is 5. The fourth-order valence-electron chi connectivity index (χ4n) is 3.06. The number of benzene rings is 3. The second kappa shape index (κ2) is 10.9. The van der Waals surface area contributed by atoms with E-state index in [1.165, 1.54) is 22.5 Å². The summed E-state index contributed by atoms with van der Waals surface area (Å²) in [5.74, 6) is -0.241. The molecule has 0 radical (unpaired) electrons. The van der Waals surface area contributed by atoms with Crippen molar-refractivity contribution in [2.24, 2.45) is 5.10 Å². The van der Waals surface area contributed by atoms with Crippen LogP contribution >= 0.6 is 27.7 Å². The van der Waals surface area contributed by atoms with Gasteiger partial charge >= 0.3 is 0 Å². The van der Waals surface area contributed by atoms with Crippen LogP contribution in [-0.4, -0.2) is 27.4 Å². The Morgan fingerprint density at radius 3 is 2.55 bits per heavy atom. The maximum absolute atomic E-state index is 13.2. The predicted octanol–water partition coefficient (Wildman–Crippen LogP) is 5.06. The smallest absolute Gasteiger partial charge is 0.266 e. The molecule has 8 heteroatoms. The van der Waals surface area contributed by atoms with Gasteiger partial charge in [0.15, 0.2) is 5.16 Å². The lowest BCUT2D eigenvalue weighted by Gasteiger charge is -2.13. The topological polar surface area (TPSA) is 76.3 Å². The molecule has 4 aromatic rings. The SMILES string of the molecule is O=C(CSc1nc2ccccc2c(=O)n1-c1ccc(Br)cc1)NN=CC=Cc1ccccc1. The molecule has 1 aromatic heterocycles. The van der Waals surface area contributed by atoms with E-state index < -0.39 is 0 Å². The van der Waals surface area contributed by atoms with Crippen LogP contribution in [0.25, 0.3) is 22.7 Å². The lowest BCUT2D eigenvalue weighted by molar-refractivity contribution is -0.118. The molecule has 0 aliphatic carbocycles. The van der Waals surface area contributed by atoms with E-state index in [9.17, 15) is 9.59 Å². The number of amides is 1. The number of fused-ring (bicyclic) bond motifs is 1. The van der Waals surface area contributed by atoms with Crippen LogP contribution in [0.5, 0.6) is 0 Å². The van der Waals surface area contributed by atoms with Crippen LogP contribution in [0.1, 0.15) is 5.56 Å². The monoisotopic (exact) mass is 518 g/mol. The lowest BCUT2D eigenvalue weighted by atomic mass is 10.2. The highest BCUT2D eigenvalue weighted by atomic mass is 79.9. The van der Waals surface area contributed by atoms with E-state index in [0.717, 1.165) is 10.0 Å². The quantitative estimate of drug-likeness (QED) is 0.160. The third-order valence-corrected chi connectivity index (χ3v) is 6.07. The van der Waals surface area contributed by atoms with Crippen molar-refractivity contribution in [2.45, 2.75) is 5.16 Å². The van der Waals surface area contributed by atoms with Gasteiger partial charge in [-0.1, -0.05) is 76.2 Å². The first-order valence-corrected chi connectivity index (χ1v) is 11.8. The molecule has 4 rings (SSSR count). The second-order valence-corrected chi connectivity index (χ2v) is 8.76. The lowest BCUT2D eigenvalue weighted by Crippen LogP contribution is -2.24. The molecule has 0 spiro atoms. The average molecular weight is 519 g/mol. The van der Waals surface area contributed by atoms with Crippen LogP contribution in [0.3, 0.4) is 0 Å². The minimum absolute atomic E-state index is 0.0566. The maximum atomic E-state index is 13.2. The van der Waals surface area contributed by atoms with Gasteiger partial charge in [0.1, 0.15) is 0 Å². The number of carbonyl (C=O) groups excluding carboxylic acids is 1. The number of nitrogens with one attached hydrogen (secondary N) is 1. The summed E-state index contributed by atoms with van der Waals surface area (Å²) >= 11 is 4.59. The van der Waals surface area contributed by atoms with Gasteiger partial charge in [0, 0.05) is 10.7 Å². The molecule has 1 heterocycles. The van der Waals surface area contributed by atoms with Crippen molar-refractivity contribution in [3.8, 4) is 5.69 Å². The molecule has 164 valence electrons. The Balaban J connectivity index is 1.49. The summed E-state index contributed by atoms with van der Waals surface area (Å²) in [7, 11) is 0. The minimum Gasteiger partial charge on any atom is -0.272 e. The summed E-state index contributed by atoms with van der Waals surface area (Å²) in [6.07, 6.45) is 5.15. The zero-order valence-electron chi connectivity index (χ0n) is 17.4. The fraction of sp³-hybridized carbons (Fsp3) is 0.0400. The van der Waals surface area contributed by atoms with Crippen LogP contribution in [0.15, 0.2) is 104 Å². The predicted molar refractivity (Wildman–Crippen MR) is 138 cm³/mol. The number of rotatable bonds is 7. The van der Waals surface area contributed by atoms with E-state index in [1.54, 1.807) is 18.2 Å². The maximum Gasteiger partial charge on any atom is 0.266 e. The molecule has 0 unspecified atom stereocenters. The molecule has 0 atom stereocenters. The van der Waals surface area contributed by atoms with Gasteiger partial charge in [-0.2, -0.15) is 5.10 Å². The van der Waals surface area contributed by atoms with E-state index in [1.807, 2.05) is 72.8 Å². The number of para-hydroxylation sites is 1. The first-order chi connectivity index (χ1) is 16.1. The van der Waals surface area contributed by atoms with Crippen molar-refractivity contribution in [1.82, 2.24) is 15.0 Å². The first kappa shape index (κ1) is 22.7. The van der Waals surface area contributed by atoms with Crippen LogP contribution < -0.4 is 11.0 Å². The van der Waals surface area contributed by atoms with Crippen molar-refractivity contribution < 1.29 is 4.79 Å². The van der Waals surface area contributed by atoms with Crippen LogP contribution in [0, 0.1) is 0 Å². The molecular weight excluding hydrogens is 500 g/mol. The van der Waals surface area contributed by atoms with Crippen LogP contribution in [0.4, 0.5) is 0 Å². The average Bonchev–Trinajstić information content (AvgIpc) is 2.84. The van der Waals surface area contributed by atoms with Gasteiger partial charge in [-0.25, -0.2) is 10.4 Å². The number of halogens is 1. The number of nitrogens with zero attached hydrogens (tertiary/aromatic N) is 3. The molecule has 6 nitrogen and oxygen atoms in total. The molecule has 0 saturated heterocycles. The summed E-state index contributed by atoms with van der Waals surface area (Å²) in [4.78, 5) is 30.1. The number of thioether (sulfide) groups is 1. The van der Waals surface area contributed by atoms with E-state index in [2.05, 4.69) is 31.4 Å². The largest absolute Gasteiger partial charge is 0.272 e. The third-order valence-electron chi connectivity index (χ3n) is 4.60. The molecule has 1 N–H and O–H groups in total. The molecule has 0 saturated carbocycles. The molecule has 0 aliphatic heterocycles. The van der Waals surface area contributed by atoms with E-state index in [0.29, 0.717) is 21.7 Å². The first-order valence-electron chi connectivity index (χ1n) is 10.1. The molecule has 0 fully saturated rings. The van der Waals surface area contributed by atoms with Crippen molar-refractivity contribution in [3.05, 3.63) is 105 Å². The molecule has 0 bridgehead atoms. The third kappa shape index (κ3) is 5.85. The molecule has 3 aromatic carbocycles.